The first-order valence-electron chi connectivity index (χ1n) is 7.08. The fourth-order valence-corrected chi connectivity index (χ4v) is 3.48. The molecule has 0 saturated heterocycles. The standard InChI is InChI=1S/C17H24N2S/c1-12-7-9-15(10-8-12)17(13(2)18)19(4)14(3)16-6-5-11-20-16/h5-11,13-14,17H,18H2,1-4H3. The van der Waals surface area contributed by atoms with Crippen LogP contribution in [0.15, 0.2) is 41.8 Å². The van der Waals surface area contributed by atoms with Gasteiger partial charge in [-0.1, -0.05) is 35.9 Å². The molecule has 2 nitrogen and oxygen atoms in total. The number of aryl methyl sites for hydroxylation is 1. The molecular formula is C17H24N2S. The molecule has 0 fully saturated rings. The van der Waals surface area contributed by atoms with Gasteiger partial charge in [-0.25, -0.2) is 0 Å². The fourth-order valence-electron chi connectivity index (χ4n) is 2.64. The highest BCUT2D eigenvalue weighted by Gasteiger charge is 2.25. The smallest absolute Gasteiger partial charge is 0.0499 e. The maximum Gasteiger partial charge on any atom is 0.0499 e. The van der Waals surface area contributed by atoms with E-state index in [9.17, 15) is 0 Å². The summed E-state index contributed by atoms with van der Waals surface area (Å²) in [5.74, 6) is 0. The Kier molecular flexibility index (Phi) is 4.97. The highest BCUT2D eigenvalue weighted by Crippen LogP contribution is 2.32. The van der Waals surface area contributed by atoms with Crippen LogP contribution >= 0.6 is 11.3 Å². The van der Waals surface area contributed by atoms with E-state index >= 15 is 0 Å². The quantitative estimate of drug-likeness (QED) is 0.896. The minimum absolute atomic E-state index is 0.0881. The van der Waals surface area contributed by atoms with Crippen LogP contribution in [-0.4, -0.2) is 18.0 Å². The lowest BCUT2D eigenvalue weighted by atomic mass is 9.97. The Bertz CT molecular complexity index is 516. The predicted molar refractivity (Wildman–Crippen MR) is 88.1 cm³/mol. The zero-order valence-electron chi connectivity index (χ0n) is 12.7. The van der Waals surface area contributed by atoms with Gasteiger partial charge in [-0.2, -0.15) is 0 Å². The van der Waals surface area contributed by atoms with Crippen LogP contribution in [0.3, 0.4) is 0 Å². The lowest BCUT2D eigenvalue weighted by Gasteiger charge is -2.35. The second-order valence-corrected chi connectivity index (χ2v) is 6.55. The van der Waals surface area contributed by atoms with Crippen LogP contribution in [-0.2, 0) is 0 Å². The van der Waals surface area contributed by atoms with Gasteiger partial charge in [-0.3, -0.25) is 4.90 Å². The molecule has 2 rings (SSSR count). The van der Waals surface area contributed by atoms with E-state index in [2.05, 4.69) is 74.5 Å². The van der Waals surface area contributed by atoms with E-state index in [-0.39, 0.29) is 12.1 Å². The van der Waals surface area contributed by atoms with Gasteiger partial charge in [-0.05, 0) is 44.8 Å². The third-order valence-electron chi connectivity index (χ3n) is 3.92. The first-order valence-corrected chi connectivity index (χ1v) is 7.96. The molecule has 3 unspecified atom stereocenters. The normalized spacial score (nSPS) is 16.1. The summed E-state index contributed by atoms with van der Waals surface area (Å²) in [5.41, 5.74) is 8.83. The van der Waals surface area contributed by atoms with E-state index in [0.29, 0.717) is 6.04 Å². The van der Waals surface area contributed by atoms with Crippen molar-refractivity contribution in [2.24, 2.45) is 5.73 Å². The Morgan fingerprint density at radius 1 is 1.10 bits per heavy atom. The maximum absolute atomic E-state index is 6.26. The minimum Gasteiger partial charge on any atom is -0.326 e. The van der Waals surface area contributed by atoms with Crippen LogP contribution in [0, 0.1) is 6.92 Å². The SMILES string of the molecule is Cc1ccc(C(C(C)N)N(C)C(C)c2cccs2)cc1. The number of thiophene rings is 1. The van der Waals surface area contributed by atoms with Crippen LogP contribution in [0.25, 0.3) is 0 Å². The molecule has 0 saturated carbocycles. The van der Waals surface area contributed by atoms with Crippen molar-refractivity contribution in [2.75, 3.05) is 7.05 Å². The average molecular weight is 288 g/mol. The van der Waals surface area contributed by atoms with Gasteiger partial charge >= 0.3 is 0 Å². The summed E-state index contributed by atoms with van der Waals surface area (Å²) >= 11 is 1.80. The summed E-state index contributed by atoms with van der Waals surface area (Å²) < 4.78 is 0. The summed E-state index contributed by atoms with van der Waals surface area (Å²) in [4.78, 5) is 3.76. The van der Waals surface area contributed by atoms with Crippen LogP contribution in [0.5, 0.6) is 0 Å². The van der Waals surface area contributed by atoms with Crippen molar-refractivity contribution in [3.05, 3.63) is 57.8 Å². The van der Waals surface area contributed by atoms with E-state index < -0.39 is 0 Å². The second kappa shape index (κ2) is 6.53. The zero-order chi connectivity index (χ0) is 14.7. The molecule has 3 atom stereocenters. The zero-order valence-corrected chi connectivity index (χ0v) is 13.5. The second-order valence-electron chi connectivity index (χ2n) is 5.57. The molecule has 2 N–H and O–H groups in total. The molecule has 0 aliphatic carbocycles. The third kappa shape index (κ3) is 3.29. The van der Waals surface area contributed by atoms with Gasteiger partial charge in [0.05, 0.1) is 0 Å². The summed E-state index contributed by atoms with van der Waals surface area (Å²) in [7, 11) is 2.16. The number of nitrogens with zero attached hydrogens (tertiary/aromatic N) is 1. The molecule has 3 heteroatoms. The predicted octanol–water partition coefficient (Wildman–Crippen LogP) is 4.14. The molecule has 0 amide bonds. The molecule has 0 aliphatic heterocycles. The molecule has 1 aromatic carbocycles. The first-order chi connectivity index (χ1) is 9.50. The highest BCUT2D eigenvalue weighted by molar-refractivity contribution is 7.10. The molecule has 108 valence electrons. The molecule has 0 spiro atoms. The fraction of sp³-hybridized carbons (Fsp3) is 0.412. The summed E-state index contributed by atoms with van der Waals surface area (Å²) in [6.07, 6.45) is 0. The molecule has 1 aromatic heterocycles. The van der Waals surface area contributed by atoms with E-state index in [1.807, 2.05) is 0 Å². The minimum atomic E-state index is 0.0881. The van der Waals surface area contributed by atoms with E-state index in [1.165, 1.54) is 16.0 Å². The summed E-state index contributed by atoms with van der Waals surface area (Å²) in [5, 5.41) is 2.13. The lowest BCUT2D eigenvalue weighted by Crippen LogP contribution is -2.38. The van der Waals surface area contributed by atoms with Crippen molar-refractivity contribution in [1.82, 2.24) is 4.90 Å². The Morgan fingerprint density at radius 2 is 1.75 bits per heavy atom. The average Bonchev–Trinajstić information content (AvgIpc) is 2.94. The first kappa shape index (κ1) is 15.2. The topological polar surface area (TPSA) is 29.3 Å². The molecule has 0 radical (unpaired) electrons. The number of rotatable bonds is 5. The van der Waals surface area contributed by atoms with Gasteiger partial charge < -0.3 is 5.73 Å². The number of hydrogen-bond donors (Lipinski definition) is 1. The van der Waals surface area contributed by atoms with Gasteiger partial charge in [0.25, 0.3) is 0 Å². The molecular weight excluding hydrogens is 264 g/mol. The molecule has 2 aromatic rings. The van der Waals surface area contributed by atoms with Gasteiger partial charge in [0.2, 0.25) is 0 Å². The number of likely N-dealkylation sites (N-methyl/N-ethyl adjacent to an activating group) is 1. The number of nitrogens with two attached hydrogens (primary N) is 1. The third-order valence-corrected chi connectivity index (χ3v) is 4.96. The van der Waals surface area contributed by atoms with Crippen molar-refractivity contribution in [3.8, 4) is 0 Å². The van der Waals surface area contributed by atoms with Gasteiger partial charge in [0, 0.05) is 23.0 Å². The van der Waals surface area contributed by atoms with Crippen molar-refractivity contribution in [1.29, 1.82) is 0 Å². The van der Waals surface area contributed by atoms with Crippen molar-refractivity contribution in [3.63, 3.8) is 0 Å². The van der Waals surface area contributed by atoms with Crippen LogP contribution in [0.4, 0.5) is 0 Å². The Labute approximate surface area is 126 Å². The Hall–Kier alpha value is -1.16. The number of hydrogen-bond acceptors (Lipinski definition) is 3. The van der Waals surface area contributed by atoms with E-state index in [4.69, 9.17) is 5.73 Å². The lowest BCUT2D eigenvalue weighted by molar-refractivity contribution is 0.168. The maximum atomic E-state index is 6.26. The van der Waals surface area contributed by atoms with Gasteiger partial charge in [-0.15, -0.1) is 11.3 Å². The summed E-state index contributed by atoms with van der Waals surface area (Å²) in [6.45, 7) is 6.44. The summed E-state index contributed by atoms with van der Waals surface area (Å²) in [6, 6.07) is 13.7. The monoisotopic (exact) mass is 288 g/mol. The van der Waals surface area contributed by atoms with Crippen molar-refractivity contribution >= 4 is 11.3 Å². The molecule has 0 aliphatic rings. The molecule has 20 heavy (non-hydrogen) atoms. The Morgan fingerprint density at radius 3 is 2.25 bits per heavy atom. The van der Waals surface area contributed by atoms with Crippen molar-refractivity contribution in [2.45, 2.75) is 38.9 Å². The van der Waals surface area contributed by atoms with Crippen molar-refractivity contribution < 1.29 is 0 Å². The molecule has 0 bridgehead atoms. The van der Waals surface area contributed by atoms with Gasteiger partial charge in [0.1, 0.15) is 0 Å². The highest BCUT2D eigenvalue weighted by atomic mass is 32.1. The van der Waals surface area contributed by atoms with E-state index in [1.54, 1.807) is 11.3 Å². The largest absolute Gasteiger partial charge is 0.326 e. The number of benzene rings is 1. The van der Waals surface area contributed by atoms with E-state index in [0.717, 1.165) is 0 Å². The van der Waals surface area contributed by atoms with Crippen LogP contribution in [0.1, 0.15) is 41.9 Å². The van der Waals surface area contributed by atoms with Crippen LogP contribution in [0.2, 0.25) is 0 Å². The van der Waals surface area contributed by atoms with Crippen LogP contribution < -0.4 is 5.73 Å². The Balaban J connectivity index is 2.26. The molecule has 1 heterocycles. The van der Waals surface area contributed by atoms with Gasteiger partial charge in [0.15, 0.2) is 0 Å².